The van der Waals surface area contributed by atoms with Crippen LogP contribution in [0.25, 0.3) is 0 Å². The number of para-hydroxylation sites is 1. The lowest BCUT2D eigenvalue weighted by Crippen LogP contribution is -2.48. The van der Waals surface area contributed by atoms with Gasteiger partial charge in [0, 0.05) is 45.0 Å². The van der Waals surface area contributed by atoms with Gasteiger partial charge >= 0.3 is 6.03 Å². The molecule has 0 aromatic heterocycles. The van der Waals surface area contributed by atoms with Crippen molar-refractivity contribution in [1.82, 2.24) is 20.9 Å². The molecule has 2 heterocycles. The number of amides is 4. The Balaban J connectivity index is 1.33. The highest BCUT2D eigenvalue weighted by atomic mass is 16.2. The monoisotopic (exact) mass is 345 g/mol. The van der Waals surface area contributed by atoms with Crippen LogP contribution in [0, 0.1) is 0 Å². The fourth-order valence-electron chi connectivity index (χ4n) is 3.08. The van der Waals surface area contributed by atoms with Gasteiger partial charge in [-0.2, -0.15) is 0 Å². The van der Waals surface area contributed by atoms with Crippen LogP contribution in [0.1, 0.15) is 6.42 Å². The number of carbonyl (C=O) groups is 3. The summed E-state index contributed by atoms with van der Waals surface area (Å²) in [6, 6.07) is 9.04. The highest BCUT2D eigenvalue weighted by molar-refractivity contribution is 6.05. The van der Waals surface area contributed by atoms with E-state index in [1.807, 2.05) is 18.2 Å². The Bertz CT molecular complexity index is 628. The maximum Gasteiger partial charge on any atom is 0.322 e. The first kappa shape index (κ1) is 17.2. The third-order valence-electron chi connectivity index (χ3n) is 4.49. The molecule has 1 atom stereocenters. The number of carbonyl (C=O) groups excluding carboxylic acids is 3. The third kappa shape index (κ3) is 4.69. The van der Waals surface area contributed by atoms with Crippen LogP contribution in [0.15, 0.2) is 30.3 Å². The summed E-state index contributed by atoms with van der Waals surface area (Å²) in [5.41, 5.74) is 1.24. The van der Waals surface area contributed by atoms with Gasteiger partial charge in [0.2, 0.25) is 5.91 Å². The molecule has 0 spiro atoms. The smallest absolute Gasteiger partial charge is 0.322 e. The second-order valence-corrected chi connectivity index (χ2v) is 6.23. The van der Waals surface area contributed by atoms with Gasteiger partial charge in [0.1, 0.15) is 6.04 Å². The lowest BCUT2D eigenvalue weighted by Gasteiger charge is -2.36. The van der Waals surface area contributed by atoms with Gasteiger partial charge in [-0.05, 0) is 12.1 Å². The minimum absolute atomic E-state index is 0.0284. The SMILES string of the molecule is O=C(C[C@@H]1NC(=O)NC1=O)NCCN1CCN(c2ccccc2)CC1. The van der Waals surface area contributed by atoms with Crippen molar-refractivity contribution in [1.29, 1.82) is 0 Å². The van der Waals surface area contributed by atoms with Gasteiger partial charge in [-0.15, -0.1) is 0 Å². The van der Waals surface area contributed by atoms with E-state index in [2.05, 4.69) is 37.9 Å². The first-order chi connectivity index (χ1) is 12.1. The van der Waals surface area contributed by atoms with Gasteiger partial charge < -0.3 is 15.5 Å². The van der Waals surface area contributed by atoms with Crippen molar-refractivity contribution >= 4 is 23.5 Å². The van der Waals surface area contributed by atoms with Gasteiger partial charge in [-0.3, -0.25) is 19.8 Å². The molecule has 2 fully saturated rings. The number of nitrogens with zero attached hydrogens (tertiary/aromatic N) is 2. The van der Waals surface area contributed by atoms with Crippen LogP contribution >= 0.6 is 0 Å². The number of anilines is 1. The molecule has 3 rings (SSSR count). The van der Waals surface area contributed by atoms with Crippen molar-refractivity contribution in [2.45, 2.75) is 12.5 Å². The molecule has 25 heavy (non-hydrogen) atoms. The zero-order valence-electron chi connectivity index (χ0n) is 14.0. The molecule has 0 radical (unpaired) electrons. The maximum atomic E-state index is 11.9. The predicted molar refractivity (Wildman–Crippen MR) is 93.2 cm³/mol. The standard InChI is InChI=1S/C17H23N5O3/c23-15(12-14-16(24)20-17(25)19-14)18-6-7-21-8-10-22(11-9-21)13-4-2-1-3-5-13/h1-5,14H,6-12H2,(H,18,23)(H2,19,20,24,25)/t14-/m0/s1. The zero-order valence-corrected chi connectivity index (χ0v) is 14.0. The van der Waals surface area contributed by atoms with Gasteiger partial charge in [-0.1, -0.05) is 18.2 Å². The summed E-state index contributed by atoms with van der Waals surface area (Å²) < 4.78 is 0. The Labute approximate surface area is 146 Å². The molecule has 8 nitrogen and oxygen atoms in total. The van der Waals surface area contributed by atoms with Crippen LogP contribution in [0.5, 0.6) is 0 Å². The van der Waals surface area contributed by atoms with Gasteiger partial charge in [0.25, 0.3) is 5.91 Å². The molecule has 2 saturated heterocycles. The molecule has 2 aliphatic rings. The lowest BCUT2D eigenvalue weighted by molar-refractivity contribution is -0.126. The van der Waals surface area contributed by atoms with Crippen molar-refractivity contribution in [2.24, 2.45) is 0 Å². The number of benzene rings is 1. The van der Waals surface area contributed by atoms with Crippen molar-refractivity contribution in [3.05, 3.63) is 30.3 Å². The maximum absolute atomic E-state index is 11.9. The highest BCUT2D eigenvalue weighted by Gasteiger charge is 2.31. The molecule has 2 aliphatic heterocycles. The highest BCUT2D eigenvalue weighted by Crippen LogP contribution is 2.15. The third-order valence-corrected chi connectivity index (χ3v) is 4.49. The Morgan fingerprint density at radius 1 is 1.12 bits per heavy atom. The Kier molecular flexibility index (Phi) is 5.49. The van der Waals surface area contributed by atoms with Crippen LogP contribution in [-0.4, -0.2) is 68.1 Å². The Hall–Kier alpha value is -2.61. The summed E-state index contributed by atoms with van der Waals surface area (Å²) in [5.74, 6) is -0.678. The van der Waals surface area contributed by atoms with E-state index in [1.54, 1.807) is 0 Å². The molecule has 1 aromatic rings. The fourth-order valence-corrected chi connectivity index (χ4v) is 3.08. The van der Waals surface area contributed by atoms with E-state index in [1.165, 1.54) is 5.69 Å². The summed E-state index contributed by atoms with van der Waals surface area (Å²) in [5, 5.41) is 7.34. The number of imide groups is 1. The average molecular weight is 345 g/mol. The molecule has 8 heteroatoms. The summed E-state index contributed by atoms with van der Waals surface area (Å²) in [6.45, 7) is 5.14. The molecule has 134 valence electrons. The minimum atomic E-state index is -0.762. The van der Waals surface area contributed by atoms with Crippen LogP contribution in [0.4, 0.5) is 10.5 Å². The molecule has 0 saturated carbocycles. The normalized spacial score (nSPS) is 21.0. The summed E-state index contributed by atoms with van der Waals surface area (Å²) >= 11 is 0. The average Bonchev–Trinajstić information content (AvgIpc) is 2.93. The summed E-state index contributed by atoms with van der Waals surface area (Å²) in [7, 11) is 0. The van der Waals surface area contributed by atoms with E-state index in [4.69, 9.17) is 0 Å². The molecular formula is C17H23N5O3. The molecule has 0 aliphatic carbocycles. The van der Waals surface area contributed by atoms with Gasteiger partial charge in [0.05, 0.1) is 6.42 Å². The zero-order chi connectivity index (χ0) is 17.6. The quantitative estimate of drug-likeness (QED) is 0.606. The Morgan fingerprint density at radius 3 is 2.48 bits per heavy atom. The van der Waals surface area contributed by atoms with E-state index >= 15 is 0 Å². The van der Waals surface area contributed by atoms with E-state index in [0.29, 0.717) is 6.54 Å². The predicted octanol–water partition coefficient (Wildman–Crippen LogP) is -0.477. The van der Waals surface area contributed by atoms with Crippen LogP contribution in [0.2, 0.25) is 0 Å². The van der Waals surface area contributed by atoms with Gasteiger partial charge in [-0.25, -0.2) is 4.79 Å². The number of nitrogens with one attached hydrogen (secondary N) is 3. The van der Waals surface area contributed by atoms with Crippen molar-refractivity contribution in [3.8, 4) is 0 Å². The first-order valence-electron chi connectivity index (χ1n) is 8.52. The number of hydrogen-bond acceptors (Lipinski definition) is 5. The molecule has 4 amide bonds. The van der Waals surface area contributed by atoms with Crippen LogP contribution in [-0.2, 0) is 9.59 Å². The molecular weight excluding hydrogens is 322 g/mol. The number of rotatable bonds is 6. The van der Waals surface area contributed by atoms with Crippen LogP contribution < -0.4 is 20.9 Å². The van der Waals surface area contributed by atoms with E-state index < -0.39 is 18.0 Å². The van der Waals surface area contributed by atoms with Gasteiger partial charge in [0.15, 0.2) is 0 Å². The molecule has 3 N–H and O–H groups in total. The van der Waals surface area contributed by atoms with E-state index in [-0.39, 0.29) is 12.3 Å². The number of urea groups is 1. The molecule has 0 bridgehead atoms. The second kappa shape index (κ2) is 7.98. The summed E-state index contributed by atoms with van der Waals surface area (Å²) in [6.07, 6.45) is -0.0284. The first-order valence-corrected chi connectivity index (χ1v) is 8.52. The number of hydrogen-bond donors (Lipinski definition) is 3. The van der Waals surface area contributed by atoms with Crippen molar-refractivity contribution < 1.29 is 14.4 Å². The topological polar surface area (TPSA) is 93.8 Å². The van der Waals surface area contributed by atoms with Crippen molar-refractivity contribution in [3.63, 3.8) is 0 Å². The fraction of sp³-hybridized carbons (Fsp3) is 0.471. The lowest BCUT2D eigenvalue weighted by atomic mass is 10.2. The van der Waals surface area contributed by atoms with E-state index in [9.17, 15) is 14.4 Å². The minimum Gasteiger partial charge on any atom is -0.369 e. The largest absolute Gasteiger partial charge is 0.369 e. The molecule has 0 unspecified atom stereocenters. The number of piperazine rings is 1. The summed E-state index contributed by atoms with van der Waals surface area (Å²) in [4.78, 5) is 38.9. The van der Waals surface area contributed by atoms with Crippen molar-refractivity contribution in [2.75, 3.05) is 44.2 Å². The Morgan fingerprint density at radius 2 is 1.84 bits per heavy atom. The van der Waals surface area contributed by atoms with Crippen LogP contribution in [0.3, 0.4) is 0 Å². The van der Waals surface area contributed by atoms with E-state index in [0.717, 1.165) is 32.7 Å². The second-order valence-electron chi connectivity index (χ2n) is 6.23. The molecule has 1 aromatic carbocycles.